The molecule has 0 aliphatic carbocycles. The molecule has 0 atom stereocenters. The smallest absolute Gasteiger partial charge is 0.338 e. The summed E-state index contributed by atoms with van der Waals surface area (Å²) in [5.41, 5.74) is 0. The normalized spacial score (nSPS) is 9.75. The van der Waals surface area contributed by atoms with Gasteiger partial charge in [0.25, 0.3) is 0 Å². The molecule has 0 fully saturated rings. The van der Waals surface area contributed by atoms with Crippen LogP contribution in [0.15, 0.2) is 42.5 Å². The highest BCUT2D eigenvalue weighted by Crippen LogP contribution is 2.08. The molecule has 1 aromatic rings. The quantitative estimate of drug-likeness (QED) is 0.247. The van der Waals surface area contributed by atoms with E-state index in [-0.39, 0.29) is 6.47 Å². The van der Waals surface area contributed by atoms with Gasteiger partial charge in [-0.2, -0.15) is 0 Å². The van der Waals surface area contributed by atoms with E-state index in [4.69, 9.17) is 4.74 Å². The lowest BCUT2D eigenvalue weighted by atomic mass is 10.3. The van der Waals surface area contributed by atoms with Gasteiger partial charge >= 0.3 is 18.4 Å². The fraction of sp³-hybridized carbons (Fsp3) is 0. The van der Waals surface area contributed by atoms with Crippen molar-refractivity contribution in [2.45, 2.75) is 0 Å². The molecule has 0 unspecified atom stereocenters. The molecule has 5 nitrogen and oxygen atoms in total. The van der Waals surface area contributed by atoms with Crippen molar-refractivity contribution in [3.05, 3.63) is 42.5 Å². The van der Waals surface area contributed by atoms with E-state index in [1.807, 2.05) is 0 Å². The topological polar surface area (TPSA) is 69.7 Å². The first-order valence-corrected chi connectivity index (χ1v) is 4.31. The molecule has 16 heavy (non-hydrogen) atoms. The van der Waals surface area contributed by atoms with Gasteiger partial charge in [-0.25, -0.2) is 9.59 Å². The zero-order valence-electron chi connectivity index (χ0n) is 8.16. The monoisotopic (exact) mass is 220 g/mol. The second-order valence-electron chi connectivity index (χ2n) is 2.60. The lowest BCUT2D eigenvalue weighted by Crippen LogP contribution is -2.05. The molecule has 0 aliphatic rings. The van der Waals surface area contributed by atoms with E-state index in [2.05, 4.69) is 4.74 Å². The Labute approximate surface area is 91.3 Å². The first kappa shape index (κ1) is 11.6. The number of esters is 2. The number of rotatable bonds is 4. The van der Waals surface area contributed by atoms with Gasteiger partial charge in [-0.15, -0.1) is 0 Å². The highest BCUT2D eigenvalue weighted by molar-refractivity contribution is 5.94. The van der Waals surface area contributed by atoms with Crippen molar-refractivity contribution in [2.24, 2.45) is 0 Å². The Morgan fingerprint density at radius 1 is 1.00 bits per heavy atom. The minimum atomic E-state index is -0.931. The van der Waals surface area contributed by atoms with Gasteiger partial charge in [0.15, 0.2) is 0 Å². The Bertz CT molecular complexity index is 408. The number of carbonyl (C=O) groups excluding carboxylic acids is 3. The molecule has 0 N–H and O–H groups in total. The van der Waals surface area contributed by atoms with Crippen LogP contribution in [0.25, 0.3) is 0 Å². The number of para-hydroxylation sites is 1. The third-order valence-corrected chi connectivity index (χ3v) is 1.48. The largest absolute Gasteiger partial charge is 0.423 e. The van der Waals surface area contributed by atoms with E-state index < -0.39 is 11.9 Å². The second kappa shape index (κ2) is 6.13. The van der Waals surface area contributed by atoms with Crippen molar-refractivity contribution in [2.75, 3.05) is 0 Å². The SMILES string of the molecule is O=COC(=O)/C=C/C(=O)Oc1ccccc1. The van der Waals surface area contributed by atoms with Gasteiger partial charge in [0.2, 0.25) is 0 Å². The third-order valence-electron chi connectivity index (χ3n) is 1.48. The number of carbonyl (C=O) groups is 3. The Hall–Kier alpha value is -2.43. The Morgan fingerprint density at radius 3 is 2.25 bits per heavy atom. The highest BCUT2D eigenvalue weighted by Gasteiger charge is 2.01. The van der Waals surface area contributed by atoms with Crippen molar-refractivity contribution in [1.29, 1.82) is 0 Å². The Balaban J connectivity index is 2.48. The molecule has 1 rings (SSSR count). The van der Waals surface area contributed by atoms with Crippen LogP contribution < -0.4 is 4.74 Å². The summed E-state index contributed by atoms with van der Waals surface area (Å²) in [7, 11) is 0. The predicted octanol–water partition coefficient (Wildman–Crippen LogP) is 0.848. The van der Waals surface area contributed by atoms with Gasteiger partial charge in [0, 0.05) is 12.2 Å². The van der Waals surface area contributed by atoms with E-state index in [1.165, 1.54) is 0 Å². The average Bonchev–Trinajstić information content (AvgIpc) is 2.28. The lowest BCUT2D eigenvalue weighted by molar-refractivity contribution is -0.147. The average molecular weight is 220 g/mol. The molecular formula is C11H8O5. The van der Waals surface area contributed by atoms with Gasteiger partial charge in [-0.05, 0) is 12.1 Å². The molecule has 0 bridgehead atoms. The van der Waals surface area contributed by atoms with Crippen LogP contribution >= 0.6 is 0 Å². The van der Waals surface area contributed by atoms with Crippen LogP contribution in [0, 0.1) is 0 Å². The van der Waals surface area contributed by atoms with Crippen molar-refractivity contribution < 1.29 is 23.9 Å². The molecule has 0 spiro atoms. The van der Waals surface area contributed by atoms with E-state index in [0.717, 1.165) is 12.2 Å². The lowest BCUT2D eigenvalue weighted by Gasteiger charge is -1.98. The van der Waals surface area contributed by atoms with Crippen LogP contribution in [0.4, 0.5) is 0 Å². The number of hydrogen-bond donors (Lipinski definition) is 0. The number of ether oxygens (including phenoxy) is 2. The standard InChI is InChI=1S/C11H8O5/c12-8-15-10(13)6-7-11(14)16-9-4-2-1-3-5-9/h1-8H/b7-6+. The molecule has 0 aromatic heterocycles. The van der Waals surface area contributed by atoms with E-state index in [1.54, 1.807) is 30.3 Å². The first-order valence-electron chi connectivity index (χ1n) is 4.31. The van der Waals surface area contributed by atoms with Crippen LogP contribution in [-0.4, -0.2) is 18.4 Å². The fourth-order valence-electron chi connectivity index (χ4n) is 0.861. The van der Waals surface area contributed by atoms with Gasteiger partial charge in [0.05, 0.1) is 0 Å². The highest BCUT2D eigenvalue weighted by atomic mass is 16.6. The summed E-state index contributed by atoms with van der Waals surface area (Å²) in [6.07, 6.45) is 1.68. The van der Waals surface area contributed by atoms with Crippen LogP contribution in [0.2, 0.25) is 0 Å². The van der Waals surface area contributed by atoms with Crippen molar-refractivity contribution in [3.63, 3.8) is 0 Å². The summed E-state index contributed by atoms with van der Waals surface area (Å²) >= 11 is 0. The van der Waals surface area contributed by atoms with Crippen LogP contribution in [-0.2, 0) is 19.1 Å². The summed E-state index contributed by atoms with van der Waals surface area (Å²) in [6, 6.07) is 8.36. The van der Waals surface area contributed by atoms with Gasteiger partial charge in [-0.1, -0.05) is 18.2 Å². The van der Waals surface area contributed by atoms with Crippen LogP contribution in [0.5, 0.6) is 5.75 Å². The Kier molecular flexibility index (Phi) is 4.46. The van der Waals surface area contributed by atoms with E-state index >= 15 is 0 Å². The van der Waals surface area contributed by atoms with Gasteiger partial charge in [0.1, 0.15) is 5.75 Å². The second-order valence-corrected chi connectivity index (χ2v) is 2.60. The van der Waals surface area contributed by atoms with Gasteiger partial charge < -0.3 is 9.47 Å². The van der Waals surface area contributed by atoms with E-state index in [9.17, 15) is 14.4 Å². The number of hydrogen-bond acceptors (Lipinski definition) is 5. The van der Waals surface area contributed by atoms with Crippen molar-refractivity contribution >= 4 is 18.4 Å². The minimum Gasteiger partial charge on any atom is -0.423 e. The summed E-state index contributed by atoms with van der Waals surface area (Å²) < 4.78 is 8.75. The van der Waals surface area contributed by atoms with Crippen molar-refractivity contribution in [3.8, 4) is 5.75 Å². The summed E-state index contributed by atoms with van der Waals surface area (Å²) in [4.78, 5) is 31.5. The van der Waals surface area contributed by atoms with E-state index in [0.29, 0.717) is 5.75 Å². The summed E-state index contributed by atoms with van der Waals surface area (Å²) in [5.74, 6) is -1.30. The van der Waals surface area contributed by atoms with Crippen LogP contribution in [0.3, 0.4) is 0 Å². The first-order chi connectivity index (χ1) is 7.72. The molecule has 0 saturated carbocycles. The maximum atomic E-state index is 11.1. The molecule has 0 amide bonds. The molecular weight excluding hydrogens is 212 g/mol. The Morgan fingerprint density at radius 2 is 1.62 bits per heavy atom. The van der Waals surface area contributed by atoms with Crippen LogP contribution in [0.1, 0.15) is 0 Å². The maximum absolute atomic E-state index is 11.1. The number of benzene rings is 1. The third kappa shape index (κ3) is 4.19. The zero-order valence-corrected chi connectivity index (χ0v) is 8.16. The molecule has 0 saturated heterocycles. The fourth-order valence-corrected chi connectivity index (χ4v) is 0.861. The molecule has 0 radical (unpaired) electrons. The summed E-state index contributed by atoms with van der Waals surface area (Å²) in [6.45, 7) is -0.0186. The molecule has 1 aromatic carbocycles. The van der Waals surface area contributed by atoms with Gasteiger partial charge in [-0.3, -0.25) is 4.79 Å². The van der Waals surface area contributed by atoms with Crippen molar-refractivity contribution in [1.82, 2.24) is 0 Å². The molecule has 5 heteroatoms. The maximum Gasteiger partial charge on any atom is 0.338 e. The molecule has 0 heterocycles. The summed E-state index contributed by atoms with van der Waals surface area (Å²) in [5, 5.41) is 0. The predicted molar refractivity (Wildman–Crippen MR) is 53.4 cm³/mol. The zero-order chi connectivity index (χ0) is 11.8. The molecule has 0 aliphatic heterocycles. The minimum absolute atomic E-state index is 0.0186. The molecule has 82 valence electrons.